The average Bonchev–Trinajstić information content (AvgIpc) is 2.65. The zero-order chi connectivity index (χ0) is 18.7. The van der Waals surface area contributed by atoms with Gasteiger partial charge in [0.2, 0.25) is 11.7 Å². The predicted molar refractivity (Wildman–Crippen MR) is 99.6 cm³/mol. The lowest BCUT2D eigenvalue weighted by molar-refractivity contribution is 0.255. The first kappa shape index (κ1) is 18.1. The molecule has 0 bridgehead atoms. The molecule has 8 nitrogen and oxygen atoms in total. The van der Waals surface area contributed by atoms with Crippen molar-refractivity contribution in [2.75, 3.05) is 45.9 Å². The Morgan fingerprint density at radius 2 is 1.73 bits per heavy atom. The first-order chi connectivity index (χ1) is 12.5. The van der Waals surface area contributed by atoms with Gasteiger partial charge in [-0.1, -0.05) is 0 Å². The van der Waals surface area contributed by atoms with Crippen LogP contribution in [0.3, 0.4) is 0 Å². The molecule has 3 rings (SSSR count). The molecule has 0 atom stereocenters. The SMILES string of the molecule is COc1cc(CCN2CCc3nc(N)nc(N)c3C2)cc(OC)c1OC. The molecular weight excluding hydrogens is 334 g/mol. The van der Waals surface area contributed by atoms with E-state index in [9.17, 15) is 0 Å². The molecule has 2 heterocycles. The second kappa shape index (κ2) is 7.65. The highest BCUT2D eigenvalue weighted by Crippen LogP contribution is 2.38. The number of anilines is 2. The molecule has 0 saturated heterocycles. The first-order valence-electron chi connectivity index (χ1n) is 8.47. The maximum Gasteiger partial charge on any atom is 0.222 e. The van der Waals surface area contributed by atoms with E-state index in [4.69, 9.17) is 25.7 Å². The number of aromatic nitrogens is 2. The van der Waals surface area contributed by atoms with E-state index in [2.05, 4.69) is 14.9 Å². The molecule has 1 aliphatic heterocycles. The van der Waals surface area contributed by atoms with E-state index >= 15 is 0 Å². The van der Waals surface area contributed by atoms with E-state index in [1.165, 1.54) is 0 Å². The van der Waals surface area contributed by atoms with Gasteiger partial charge >= 0.3 is 0 Å². The van der Waals surface area contributed by atoms with Crippen LogP contribution in [-0.2, 0) is 19.4 Å². The van der Waals surface area contributed by atoms with Crippen LogP contribution in [0.15, 0.2) is 12.1 Å². The molecule has 0 radical (unpaired) electrons. The summed E-state index contributed by atoms with van der Waals surface area (Å²) in [4.78, 5) is 10.7. The number of benzene rings is 1. The van der Waals surface area contributed by atoms with Gasteiger partial charge in [0.15, 0.2) is 11.5 Å². The van der Waals surface area contributed by atoms with Gasteiger partial charge in [0.1, 0.15) is 5.82 Å². The summed E-state index contributed by atoms with van der Waals surface area (Å²) in [6, 6.07) is 3.97. The molecule has 1 aliphatic rings. The summed E-state index contributed by atoms with van der Waals surface area (Å²) in [7, 11) is 4.85. The zero-order valence-electron chi connectivity index (χ0n) is 15.4. The van der Waals surface area contributed by atoms with Crippen molar-refractivity contribution in [2.24, 2.45) is 0 Å². The number of methoxy groups -OCH3 is 3. The van der Waals surface area contributed by atoms with Crippen molar-refractivity contribution in [1.82, 2.24) is 14.9 Å². The summed E-state index contributed by atoms with van der Waals surface area (Å²) in [5, 5.41) is 0. The van der Waals surface area contributed by atoms with Gasteiger partial charge in [0.25, 0.3) is 0 Å². The Balaban J connectivity index is 1.72. The van der Waals surface area contributed by atoms with E-state index in [0.29, 0.717) is 23.1 Å². The normalized spacial score (nSPS) is 14.0. The van der Waals surface area contributed by atoms with Crippen LogP contribution >= 0.6 is 0 Å². The molecule has 0 saturated carbocycles. The van der Waals surface area contributed by atoms with E-state index in [-0.39, 0.29) is 5.95 Å². The van der Waals surface area contributed by atoms with Crippen molar-refractivity contribution in [1.29, 1.82) is 0 Å². The summed E-state index contributed by atoms with van der Waals surface area (Å²) in [5.74, 6) is 2.66. The predicted octanol–water partition coefficient (Wildman–Crippen LogP) is 1.27. The van der Waals surface area contributed by atoms with Crippen LogP contribution in [0.25, 0.3) is 0 Å². The van der Waals surface area contributed by atoms with Crippen molar-refractivity contribution in [3.05, 3.63) is 29.0 Å². The Morgan fingerprint density at radius 3 is 2.35 bits per heavy atom. The van der Waals surface area contributed by atoms with E-state index in [0.717, 1.165) is 49.3 Å². The average molecular weight is 359 g/mol. The lowest BCUT2D eigenvalue weighted by Gasteiger charge is -2.28. The van der Waals surface area contributed by atoms with Crippen LogP contribution in [-0.4, -0.2) is 49.3 Å². The van der Waals surface area contributed by atoms with Gasteiger partial charge in [0.05, 0.1) is 27.0 Å². The molecule has 1 aromatic heterocycles. The van der Waals surface area contributed by atoms with Crippen molar-refractivity contribution < 1.29 is 14.2 Å². The van der Waals surface area contributed by atoms with Crippen molar-refractivity contribution in [3.8, 4) is 17.2 Å². The maximum absolute atomic E-state index is 6.01. The monoisotopic (exact) mass is 359 g/mol. The number of nitrogen functional groups attached to an aromatic ring is 2. The molecule has 0 aliphatic carbocycles. The highest BCUT2D eigenvalue weighted by Gasteiger charge is 2.21. The number of hydrogen-bond acceptors (Lipinski definition) is 8. The second-order valence-electron chi connectivity index (χ2n) is 6.20. The highest BCUT2D eigenvalue weighted by atomic mass is 16.5. The zero-order valence-corrected chi connectivity index (χ0v) is 15.4. The number of fused-ring (bicyclic) bond motifs is 1. The standard InChI is InChI=1S/C18H25N5O3/c1-24-14-8-11(9-15(25-2)16(14)26-3)4-6-23-7-5-13-12(10-23)17(19)22-18(20)21-13/h8-9H,4-7,10H2,1-3H3,(H4,19,20,21,22). The number of nitrogens with two attached hydrogens (primary N) is 2. The van der Waals surface area contributed by atoms with Crippen molar-refractivity contribution >= 4 is 11.8 Å². The van der Waals surface area contributed by atoms with Crippen LogP contribution < -0.4 is 25.7 Å². The molecule has 0 fully saturated rings. The summed E-state index contributed by atoms with van der Waals surface area (Å²) < 4.78 is 16.2. The van der Waals surface area contributed by atoms with Gasteiger partial charge in [-0.3, -0.25) is 4.90 Å². The molecule has 26 heavy (non-hydrogen) atoms. The van der Waals surface area contributed by atoms with Gasteiger partial charge in [-0.2, -0.15) is 4.98 Å². The molecule has 2 aromatic rings. The number of hydrogen-bond donors (Lipinski definition) is 2. The lowest BCUT2D eigenvalue weighted by Crippen LogP contribution is -2.33. The minimum atomic E-state index is 0.243. The Labute approximate surface area is 153 Å². The summed E-state index contributed by atoms with van der Waals surface area (Å²) in [6.45, 7) is 2.51. The van der Waals surface area contributed by atoms with Gasteiger partial charge in [0, 0.05) is 31.6 Å². The molecule has 1 aromatic carbocycles. The fourth-order valence-corrected chi connectivity index (χ4v) is 3.27. The number of nitrogens with zero attached hydrogens (tertiary/aromatic N) is 3. The quantitative estimate of drug-likeness (QED) is 0.794. The maximum atomic E-state index is 6.01. The fraction of sp³-hybridized carbons (Fsp3) is 0.444. The van der Waals surface area contributed by atoms with Crippen molar-refractivity contribution in [3.63, 3.8) is 0 Å². The molecule has 140 valence electrons. The number of rotatable bonds is 6. The van der Waals surface area contributed by atoms with Crippen LogP contribution in [0.5, 0.6) is 17.2 Å². The van der Waals surface area contributed by atoms with Crippen LogP contribution in [0.4, 0.5) is 11.8 Å². The molecule has 0 unspecified atom stereocenters. The minimum absolute atomic E-state index is 0.243. The van der Waals surface area contributed by atoms with Crippen LogP contribution in [0.1, 0.15) is 16.8 Å². The Morgan fingerprint density at radius 1 is 1.04 bits per heavy atom. The topological polar surface area (TPSA) is 109 Å². The molecular formula is C18H25N5O3. The van der Waals surface area contributed by atoms with Crippen LogP contribution in [0.2, 0.25) is 0 Å². The third kappa shape index (κ3) is 3.60. The molecule has 4 N–H and O–H groups in total. The molecule has 0 spiro atoms. The Bertz CT molecular complexity index is 772. The van der Waals surface area contributed by atoms with E-state index in [1.807, 2.05) is 12.1 Å². The van der Waals surface area contributed by atoms with Gasteiger partial charge in [-0.15, -0.1) is 0 Å². The first-order valence-corrected chi connectivity index (χ1v) is 8.47. The van der Waals surface area contributed by atoms with E-state index in [1.54, 1.807) is 21.3 Å². The number of ether oxygens (including phenoxy) is 3. The van der Waals surface area contributed by atoms with Gasteiger partial charge in [-0.25, -0.2) is 4.98 Å². The summed E-state index contributed by atoms with van der Waals surface area (Å²) in [6.07, 6.45) is 1.67. The smallest absolute Gasteiger partial charge is 0.222 e. The largest absolute Gasteiger partial charge is 0.493 e. The minimum Gasteiger partial charge on any atom is -0.493 e. The van der Waals surface area contributed by atoms with Gasteiger partial charge in [-0.05, 0) is 24.1 Å². The molecule has 8 heteroatoms. The summed E-state index contributed by atoms with van der Waals surface area (Å²) >= 11 is 0. The molecule has 0 amide bonds. The Hall–Kier alpha value is -2.74. The van der Waals surface area contributed by atoms with E-state index < -0.39 is 0 Å². The Kier molecular flexibility index (Phi) is 5.32. The highest BCUT2D eigenvalue weighted by molar-refractivity contribution is 5.54. The van der Waals surface area contributed by atoms with Crippen molar-refractivity contribution in [2.45, 2.75) is 19.4 Å². The fourth-order valence-electron chi connectivity index (χ4n) is 3.27. The lowest BCUT2D eigenvalue weighted by atomic mass is 10.0. The van der Waals surface area contributed by atoms with Crippen LogP contribution in [0, 0.1) is 0 Å². The van der Waals surface area contributed by atoms with Gasteiger partial charge < -0.3 is 25.7 Å². The third-order valence-electron chi connectivity index (χ3n) is 4.63. The third-order valence-corrected chi connectivity index (χ3v) is 4.63. The summed E-state index contributed by atoms with van der Waals surface area (Å²) in [5.41, 5.74) is 14.8. The second-order valence-corrected chi connectivity index (χ2v) is 6.20.